The highest BCUT2D eigenvalue weighted by Crippen LogP contribution is 2.10. The van der Waals surface area contributed by atoms with Crippen molar-refractivity contribution < 1.29 is 9.90 Å². The summed E-state index contributed by atoms with van der Waals surface area (Å²) in [6, 6.07) is 8.48. The molecular formula is C13H20N2O2. The van der Waals surface area contributed by atoms with Gasteiger partial charge in [0.2, 0.25) is 5.91 Å². The highest BCUT2D eigenvalue weighted by molar-refractivity contribution is 5.83. The Morgan fingerprint density at radius 2 is 1.94 bits per heavy atom. The summed E-state index contributed by atoms with van der Waals surface area (Å²) in [6.07, 6.45) is 0.0889. The molecule has 1 rings (SSSR count). The van der Waals surface area contributed by atoms with Gasteiger partial charge >= 0.3 is 0 Å². The minimum absolute atomic E-state index is 0.0859. The smallest absolute Gasteiger partial charge is 0.241 e. The number of benzene rings is 1. The summed E-state index contributed by atoms with van der Waals surface area (Å²) in [7, 11) is 0. The van der Waals surface area contributed by atoms with E-state index >= 15 is 0 Å². The predicted octanol–water partition coefficient (Wildman–Crippen LogP) is 0.962. The van der Waals surface area contributed by atoms with E-state index in [0.717, 1.165) is 5.56 Å². The Labute approximate surface area is 102 Å². The minimum Gasteiger partial charge on any atom is -0.393 e. The van der Waals surface area contributed by atoms with Gasteiger partial charge in [-0.3, -0.25) is 4.79 Å². The van der Waals surface area contributed by atoms with Gasteiger partial charge in [-0.25, -0.2) is 0 Å². The number of nitrogens with two attached hydrogens (primary N) is 1. The fraction of sp³-hybridized carbons (Fsp3) is 0.462. The Balaban J connectivity index is 2.53. The van der Waals surface area contributed by atoms with Crippen LogP contribution >= 0.6 is 0 Å². The van der Waals surface area contributed by atoms with E-state index in [9.17, 15) is 9.90 Å². The number of carbonyl (C=O) groups excluding carboxylic acids is 1. The summed E-state index contributed by atoms with van der Waals surface area (Å²) in [5.74, 6) is -0.218. The van der Waals surface area contributed by atoms with Crippen molar-refractivity contribution in [1.82, 2.24) is 5.32 Å². The predicted molar refractivity (Wildman–Crippen MR) is 67.3 cm³/mol. The lowest BCUT2D eigenvalue weighted by Crippen LogP contribution is -2.40. The molecule has 0 aliphatic heterocycles. The molecule has 0 bridgehead atoms. The maximum absolute atomic E-state index is 11.8. The number of hydrogen-bond donors (Lipinski definition) is 3. The van der Waals surface area contributed by atoms with Crippen LogP contribution < -0.4 is 11.1 Å². The van der Waals surface area contributed by atoms with E-state index in [0.29, 0.717) is 6.42 Å². The summed E-state index contributed by atoms with van der Waals surface area (Å²) in [5.41, 5.74) is 6.63. The molecule has 1 aromatic carbocycles. The van der Waals surface area contributed by atoms with Gasteiger partial charge in [-0.05, 0) is 25.8 Å². The Kier molecular flexibility index (Phi) is 5.12. The first-order valence-electron chi connectivity index (χ1n) is 5.79. The van der Waals surface area contributed by atoms with Crippen LogP contribution in [0.5, 0.6) is 0 Å². The maximum atomic E-state index is 11.8. The van der Waals surface area contributed by atoms with E-state index in [-0.39, 0.29) is 11.9 Å². The highest BCUT2D eigenvalue weighted by Gasteiger charge is 2.17. The Bertz CT molecular complexity index is 352. The van der Waals surface area contributed by atoms with Crippen molar-refractivity contribution in [3.8, 4) is 0 Å². The molecule has 4 heteroatoms. The molecule has 2 unspecified atom stereocenters. The fourth-order valence-electron chi connectivity index (χ4n) is 1.71. The molecule has 0 saturated carbocycles. The molecule has 0 aliphatic carbocycles. The lowest BCUT2D eigenvalue weighted by molar-refractivity contribution is -0.123. The first kappa shape index (κ1) is 13.7. The molecule has 0 fully saturated rings. The topological polar surface area (TPSA) is 75.3 Å². The van der Waals surface area contributed by atoms with Gasteiger partial charge in [-0.2, -0.15) is 0 Å². The van der Waals surface area contributed by atoms with E-state index in [1.807, 2.05) is 37.3 Å². The zero-order chi connectivity index (χ0) is 12.8. The third-order valence-electron chi connectivity index (χ3n) is 2.52. The van der Waals surface area contributed by atoms with Crippen molar-refractivity contribution in [3.63, 3.8) is 0 Å². The van der Waals surface area contributed by atoms with Crippen molar-refractivity contribution in [1.29, 1.82) is 0 Å². The minimum atomic E-state index is -0.660. The van der Waals surface area contributed by atoms with Gasteiger partial charge in [0.1, 0.15) is 6.04 Å². The molecule has 0 heterocycles. The van der Waals surface area contributed by atoms with Crippen LogP contribution in [0.4, 0.5) is 0 Å². The van der Waals surface area contributed by atoms with Gasteiger partial charge < -0.3 is 16.2 Å². The monoisotopic (exact) mass is 236 g/mol. The Morgan fingerprint density at radius 3 is 2.47 bits per heavy atom. The van der Waals surface area contributed by atoms with Gasteiger partial charge in [0.25, 0.3) is 0 Å². The quantitative estimate of drug-likeness (QED) is 0.713. The normalized spacial score (nSPS) is 16.0. The molecule has 3 atom stereocenters. The van der Waals surface area contributed by atoms with E-state index in [1.165, 1.54) is 0 Å². The number of nitrogens with one attached hydrogen (secondary N) is 1. The van der Waals surface area contributed by atoms with Gasteiger partial charge in [0.15, 0.2) is 0 Å². The molecule has 4 N–H and O–H groups in total. The van der Waals surface area contributed by atoms with Crippen molar-refractivity contribution in [3.05, 3.63) is 35.9 Å². The molecule has 0 aromatic heterocycles. The number of aliphatic hydroxyl groups excluding tert-OH is 1. The third kappa shape index (κ3) is 4.54. The Hall–Kier alpha value is -1.39. The van der Waals surface area contributed by atoms with Crippen LogP contribution in [-0.4, -0.2) is 23.2 Å². The van der Waals surface area contributed by atoms with Crippen LogP contribution in [0.15, 0.2) is 30.3 Å². The van der Waals surface area contributed by atoms with Crippen LogP contribution in [0.1, 0.15) is 31.9 Å². The highest BCUT2D eigenvalue weighted by atomic mass is 16.3. The van der Waals surface area contributed by atoms with Crippen molar-refractivity contribution >= 4 is 5.91 Å². The lowest BCUT2D eigenvalue weighted by atomic mass is 10.1. The summed E-state index contributed by atoms with van der Waals surface area (Å²) in [6.45, 7) is 3.54. The van der Waals surface area contributed by atoms with Crippen molar-refractivity contribution in [2.75, 3.05) is 0 Å². The van der Waals surface area contributed by atoms with Gasteiger partial charge in [0.05, 0.1) is 6.10 Å². The number of amides is 1. The molecular weight excluding hydrogens is 216 g/mol. The van der Waals surface area contributed by atoms with Crippen LogP contribution in [-0.2, 0) is 4.79 Å². The lowest BCUT2D eigenvalue weighted by Gasteiger charge is -2.18. The Morgan fingerprint density at radius 1 is 1.35 bits per heavy atom. The second-order valence-electron chi connectivity index (χ2n) is 4.38. The summed E-state index contributed by atoms with van der Waals surface area (Å²) < 4.78 is 0. The number of hydrogen-bond acceptors (Lipinski definition) is 3. The van der Waals surface area contributed by atoms with Gasteiger partial charge in [0, 0.05) is 6.04 Å². The van der Waals surface area contributed by atoms with E-state index in [4.69, 9.17) is 5.73 Å². The molecule has 4 nitrogen and oxygen atoms in total. The zero-order valence-corrected chi connectivity index (χ0v) is 10.3. The van der Waals surface area contributed by atoms with Crippen LogP contribution in [0.3, 0.4) is 0 Å². The number of rotatable bonds is 5. The average Bonchev–Trinajstić information content (AvgIpc) is 2.28. The molecule has 17 heavy (non-hydrogen) atoms. The third-order valence-corrected chi connectivity index (χ3v) is 2.52. The summed E-state index contributed by atoms with van der Waals surface area (Å²) in [5, 5.41) is 12.0. The van der Waals surface area contributed by atoms with Crippen molar-refractivity contribution in [2.24, 2.45) is 5.73 Å². The first-order valence-corrected chi connectivity index (χ1v) is 5.79. The van der Waals surface area contributed by atoms with Crippen molar-refractivity contribution in [2.45, 2.75) is 38.5 Å². The summed E-state index contributed by atoms with van der Waals surface area (Å²) in [4.78, 5) is 11.8. The number of aliphatic hydroxyl groups is 1. The zero-order valence-electron chi connectivity index (χ0n) is 10.3. The molecule has 0 aliphatic rings. The largest absolute Gasteiger partial charge is 0.393 e. The molecule has 1 aromatic rings. The van der Waals surface area contributed by atoms with Crippen LogP contribution in [0, 0.1) is 0 Å². The van der Waals surface area contributed by atoms with Crippen LogP contribution in [0.2, 0.25) is 0 Å². The molecule has 1 amide bonds. The van der Waals surface area contributed by atoms with E-state index < -0.39 is 12.1 Å². The number of carbonyl (C=O) groups is 1. The van der Waals surface area contributed by atoms with E-state index in [2.05, 4.69) is 5.32 Å². The van der Waals surface area contributed by atoms with Crippen LogP contribution in [0.25, 0.3) is 0 Å². The fourth-order valence-corrected chi connectivity index (χ4v) is 1.71. The maximum Gasteiger partial charge on any atom is 0.241 e. The van der Waals surface area contributed by atoms with Gasteiger partial charge in [-0.15, -0.1) is 0 Å². The molecule has 0 saturated heterocycles. The second kappa shape index (κ2) is 6.37. The summed E-state index contributed by atoms with van der Waals surface area (Å²) >= 11 is 0. The second-order valence-corrected chi connectivity index (χ2v) is 4.38. The first-order chi connectivity index (χ1) is 8.00. The SMILES string of the molecule is CC(O)CC(C)NC(=O)[C@@H](N)c1ccccc1. The molecule has 0 radical (unpaired) electrons. The van der Waals surface area contributed by atoms with Gasteiger partial charge in [-0.1, -0.05) is 30.3 Å². The molecule has 0 spiro atoms. The molecule has 94 valence electrons. The standard InChI is InChI=1S/C13H20N2O2/c1-9(8-10(2)16)15-13(17)12(14)11-6-4-3-5-7-11/h3-7,9-10,12,16H,8,14H2,1-2H3,(H,15,17)/t9?,10?,12-/m0/s1. The average molecular weight is 236 g/mol. The van der Waals surface area contributed by atoms with E-state index in [1.54, 1.807) is 6.92 Å².